The van der Waals surface area contributed by atoms with Gasteiger partial charge in [-0.1, -0.05) is 86.0 Å². The van der Waals surface area contributed by atoms with Crippen LogP contribution in [0.15, 0.2) is 0 Å². The maximum absolute atomic E-state index is 10.8. The van der Waals surface area contributed by atoms with Gasteiger partial charge in [-0.2, -0.15) is 0 Å². The van der Waals surface area contributed by atoms with Gasteiger partial charge in [0, 0.05) is 0 Å². The summed E-state index contributed by atoms with van der Waals surface area (Å²) >= 11 is 0. The molecule has 0 spiro atoms. The van der Waals surface area contributed by atoms with Crippen molar-refractivity contribution < 1.29 is 9.90 Å². The highest BCUT2D eigenvalue weighted by atomic mass is 16.4. The Morgan fingerprint density at radius 2 is 1.10 bits per heavy atom. The summed E-state index contributed by atoms with van der Waals surface area (Å²) in [5, 5.41) is 8.85. The molecule has 2 heteroatoms. The van der Waals surface area contributed by atoms with Crippen LogP contribution < -0.4 is 0 Å². The Hall–Kier alpha value is -0.530. The van der Waals surface area contributed by atoms with E-state index in [-0.39, 0.29) is 5.92 Å². The van der Waals surface area contributed by atoms with Crippen molar-refractivity contribution >= 4 is 5.97 Å². The predicted molar refractivity (Wildman–Crippen MR) is 91.5 cm³/mol. The van der Waals surface area contributed by atoms with Crippen molar-refractivity contribution in [3.63, 3.8) is 0 Å². The van der Waals surface area contributed by atoms with Crippen LogP contribution in [0.2, 0.25) is 0 Å². The van der Waals surface area contributed by atoms with E-state index in [1.165, 1.54) is 44.9 Å². The number of carboxylic acids is 1. The zero-order valence-corrected chi connectivity index (χ0v) is 15.0. The summed E-state index contributed by atoms with van der Waals surface area (Å²) in [4.78, 5) is 10.8. The monoisotopic (exact) mass is 298 g/mol. The van der Waals surface area contributed by atoms with Crippen LogP contribution in [0.3, 0.4) is 0 Å². The Morgan fingerprint density at radius 3 is 1.48 bits per heavy atom. The van der Waals surface area contributed by atoms with Gasteiger partial charge in [0.2, 0.25) is 0 Å². The van der Waals surface area contributed by atoms with Gasteiger partial charge in [-0.15, -0.1) is 0 Å². The molecule has 0 aromatic rings. The van der Waals surface area contributed by atoms with Gasteiger partial charge < -0.3 is 5.11 Å². The highest BCUT2D eigenvalue weighted by Gasteiger charge is 2.11. The smallest absolute Gasteiger partial charge is 0.306 e. The molecule has 1 N–H and O–H groups in total. The normalized spacial score (nSPS) is 15.9. The van der Waals surface area contributed by atoms with Crippen molar-refractivity contribution in [3.05, 3.63) is 0 Å². The standard InChI is InChI=1S/C19H38O2/c1-15(2)9-6-10-16(3)11-7-12-17(4)13-8-14-18(5)19(20)21/h15-18H,6-14H2,1-5H3,(H,20,21)/t16-,17-,18-/m0/s1. The number of rotatable bonds is 13. The molecule has 126 valence electrons. The molecule has 3 atom stereocenters. The Labute approximate surface area is 132 Å². The summed E-state index contributed by atoms with van der Waals surface area (Å²) < 4.78 is 0. The summed E-state index contributed by atoms with van der Waals surface area (Å²) in [6, 6.07) is 0. The molecular weight excluding hydrogens is 260 g/mol. The van der Waals surface area contributed by atoms with Crippen molar-refractivity contribution in [2.24, 2.45) is 23.7 Å². The number of carbonyl (C=O) groups is 1. The van der Waals surface area contributed by atoms with E-state index >= 15 is 0 Å². The fourth-order valence-corrected chi connectivity index (χ4v) is 2.87. The van der Waals surface area contributed by atoms with Gasteiger partial charge in [-0.05, 0) is 24.2 Å². The first-order chi connectivity index (χ1) is 9.82. The van der Waals surface area contributed by atoms with Crippen LogP contribution >= 0.6 is 0 Å². The van der Waals surface area contributed by atoms with Crippen LogP contribution in [0.5, 0.6) is 0 Å². The van der Waals surface area contributed by atoms with E-state index in [1.807, 2.05) is 6.92 Å². The van der Waals surface area contributed by atoms with Crippen LogP contribution in [-0.4, -0.2) is 11.1 Å². The fraction of sp³-hybridized carbons (Fsp3) is 0.947. The third-order valence-electron chi connectivity index (χ3n) is 4.63. The van der Waals surface area contributed by atoms with Crippen LogP contribution in [0.1, 0.15) is 92.4 Å². The van der Waals surface area contributed by atoms with E-state index in [4.69, 9.17) is 5.11 Å². The molecule has 0 aromatic heterocycles. The van der Waals surface area contributed by atoms with Gasteiger partial charge in [-0.3, -0.25) is 4.79 Å². The Balaban J connectivity index is 3.52. The summed E-state index contributed by atoms with van der Waals surface area (Å²) in [5.41, 5.74) is 0. The number of hydrogen-bond acceptors (Lipinski definition) is 1. The summed E-state index contributed by atoms with van der Waals surface area (Å²) in [7, 11) is 0. The quantitative estimate of drug-likeness (QED) is 0.443. The van der Waals surface area contributed by atoms with E-state index in [0.717, 1.165) is 30.6 Å². The minimum Gasteiger partial charge on any atom is -0.481 e. The summed E-state index contributed by atoms with van der Waals surface area (Å²) in [6.07, 6.45) is 11.2. The molecule has 0 saturated heterocycles. The number of carboxylic acid groups (broad SMARTS) is 1. The molecule has 0 aromatic carbocycles. The van der Waals surface area contributed by atoms with Crippen molar-refractivity contribution in [1.29, 1.82) is 0 Å². The first-order valence-corrected chi connectivity index (χ1v) is 9.05. The van der Waals surface area contributed by atoms with E-state index in [0.29, 0.717) is 0 Å². The minimum atomic E-state index is -0.655. The van der Waals surface area contributed by atoms with Crippen molar-refractivity contribution in [2.45, 2.75) is 92.4 Å². The number of hydrogen-bond donors (Lipinski definition) is 1. The van der Waals surface area contributed by atoms with Gasteiger partial charge in [0.15, 0.2) is 0 Å². The van der Waals surface area contributed by atoms with Gasteiger partial charge in [0.1, 0.15) is 0 Å². The largest absolute Gasteiger partial charge is 0.481 e. The minimum absolute atomic E-state index is 0.182. The molecule has 0 unspecified atom stereocenters. The second-order valence-corrected chi connectivity index (χ2v) is 7.64. The van der Waals surface area contributed by atoms with E-state index < -0.39 is 5.97 Å². The van der Waals surface area contributed by atoms with Gasteiger partial charge >= 0.3 is 5.97 Å². The molecule has 0 heterocycles. The highest BCUT2D eigenvalue weighted by molar-refractivity contribution is 5.69. The van der Waals surface area contributed by atoms with Crippen LogP contribution in [-0.2, 0) is 4.79 Å². The molecule has 0 aliphatic carbocycles. The van der Waals surface area contributed by atoms with Crippen LogP contribution in [0.25, 0.3) is 0 Å². The first-order valence-electron chi connectivity index (χ1n) is 9.05. The molecule has 0 saturated carbocycles. The van der Waals surface area contributed by atoms with E-state index in [1.54, 1.807) is 0 Å². The van der Waals surface area contributed by atoms with Crippen LogP contribution in [0, 0.1) is 23.7 Å². The van der Waals surface area contributed by atoms with Gasteiger partial charge in [-0.25, -0.2) is 0 Å². The molecule has 0 radical (unpaired) electrons. The maximum atomic E-state index is 10.8. The lowest BCUT2D eigenvalue weighted by Gasteiger charge is -2.15. The average molecular weight is 299 g/mol. The molecular formula is C19H38O2. The Kier molecular flexibility index (Phi) is 11.8. The third kappa shape index (κ3) is 12.9. The van der Waals surface area contributed by atoms with Gasteiger partial charge in [0.25, 0.3) is 0 Å². The topological polar surface area (TPSA) is 37.3 Å². The van der Waals surface area contributed by atoms with Crippen molar-refractivity contribution in [2.75, 3.05) is 0 Å². The Morgan fingerprint density at radius 1 is 0.714 bits per heavy atom. The number of aliphatic carboxylic acids is 1. The van der Waals surface area contributed by atoms with Crippen LogP contribution in [0.4, 0.5) is 0 Å². The molecule has 0 aliphatic heterocycles. The van der Waals surface area contributed by atoms with E-state index in [2.05, 4.69) is 27.7 Å². The summed E-state index contributed by atoms with van der Waals surface area (Å²) in [5.74, 6) is 1.61. The fourth-order valence-electron chi connectivity index (χ4n) is 2.87. The summed E-state index contributed by atoms with van der Waals surface area (Å²) in [6.45, 7) is 11.1. The maximum Gasteiger partial charge on any atom is 0.306 e. The predicted octanol–water partition coefficient (Wildman–Crippen LogP) is 6.15. The molecule has 21 heavy (non-hydrogen) atoms. The second-order valence-electron chi connectivity index (χ2n) is 7.64. The van der Waals surface area contributed by atoms with Gasteiger partial charge in [0.05, 0.1) is 5.92 Å². The highest BCUT2D eigenvalue weighted by Crippen LogP contribution is 2.22. The Bertz CT molecular complexity index is 260. The zero-order chi connectivity index (χ0) is 16.3. The molecule has 0 amide bonds. The third-order valence-corrected chi connectivity index (χ3v) is 4.63. The van der Waals surface area contributed by atoms with Crippen molar-refractivity contribution in [1.82, 2.24) is 0 Å². The SMILES string of the molecule is CC(C)CCC[C@H](C)CCC[C@H](C)CCC[C@H](C)C(=O)O. The molecule has 0 aliphatic rings. The lowest BCUT2D eigenvalue weighted by Crippen LogP contribution is -2.09. The first kappa shape index (κ1) is 20.5. The van der Waals surface area contributed by atoms with E-state index in [9.17, 15) is 4.79 Å². The lowest BCUT2D eigenvalue weighted by atomic mass is 9.91. The second kappa shape index (κ2) is 12.1. The van der Waals surface area contributed by atoms with Crippen molar-refractivity contribution in [3.8, 4) is 0 Å². The molecule has 0 fully saturated rings. The molecule has 0 bridgehead atoms. The zero-order valence-electron chi connectivity index (χ0n) is 15.0. The lowest BCUT2D eigenvalue weighted by molar-refractivity contribution is -0.141. The molecule has 2 nitrogen and oxygen atoms in total. The molecule has 0 rings (SSSR count). The average Bonchev–Trinajstić information content (AvgIpc) is 2.37.